The lowest BCUT2D eigenvalue weighted by atomic mass is 10.3. The molecule has 6 heteroatoms. The van der Waals surface area contributed by atoms with Gasteiger partial charge in [-0.25, -0.2) is 4.98 Å². The summed E-state index contributed by atoms with van der Waals surface area (Å²) in [6.45, 7) is 1.99. The fourth-order valence-corrected chi connectivity index (χ4v) is 3.95. The molecule has 0 saturated heterocycles. The molecule has 0 atom stereocenters. The number of nitrogens with zero attached hydrogens (tertiary/aromatic N) is 2. The highest BCUT2D eigenvalue weighted by Crippen LogP contribution is 2.32. The number of rotatable bonds is 1. The largest absolute Gasteiger partial charge is 0.259 e. The van der Waals surface area contributed by atoms with Crippen molar-refractivity contribution >= 4 is 44.5 Å². The predicted molar refractivity (Wildman–Crippen MR) is 63.8 cm³/mol. The Morgan fingerprint density at radius 3 is 2.71 bits per heavy atom. The number of hydrogen-bond acceptors (Lipinski definition) is 5. The van der Waals surface area contributed by atoms with Gasteiger partial charge in [0.2, 0.25) is 0 Å². The zero-order chi connectivity index (χ0) is 10.1. The highest BCUT2D eigenvalue weighted by molar-refractivity contribution is 7.80. The summed E-state index contributed by atoms with van der Waals surface area (Å²) in [4.78, 5) is 9.25. The Labute approximate surface area is 98.6 Å². The van der Waals surface area contributed by atoms with E-state index in [1.165, 1.54) is 6.20 Å². The molecule has 0 aliphatic carbocycles. The van der Waals surface area contributed by atoms with Crippen LogP contribution >= 0.6 is 44.5 Å². The van der Waals surface area contributed by atoms with Gasteiger partial charge in [-0.3, -0.25) is 4.98 Å². The number of halogens is 1. The van der Waals surface area contributed by atoms with Crippen LogP contribution in [0, 0.1) is 10.7 Å². The molecule has 0 saturated carbocycles. The van der Waals surface area contributed by atoms with Gasteiger partial charge >= 0.3 is 0 Å². The molecule has 14 heavy (non-hydrogen) atoms. The molecule has 2 aromatic heterocycles. The molecule has 0 radical (unpaired) electrons. The van der Waals surface area contributed by atoms with Gasteiger partial charge in [0.05, 0.1) is 17.3 Å². The minimum atomic E-state index is 0.409. The highest BCUT2D eigenvalue weighted by atomic mass is 35.5. The van der Waals surface area contributed by atoms with Gasteiger partial charge < -0.3 is 0 Å². The van der Waals surface area contributed by atoms with Gasteiger partial charge in [0.25, 0.3) is 0 Å². The van der Waals surface area contributed by atoms with E-state index in [4.69, 9.17) is 23.8 Å². The molecule has 2 rings (SSSR count). The Kier molecular flexibility index (Phi) is 2.92. The molecular weight excluding hydrogens is 256 g/mol. The van der Waals surface area contributed by atoms with Crippen LogP contribution in [0.1, 0.15) is 5.56 Å². The van der Waals surface area contributed by atoms with E-state index in [2.05, 4.69) is 9.97 Å². The fraction of sp³-hybridized carbons (Fsp3) is 0.125. The van der Waals surface area contributed by atoms with Gasteiger partial charge in [0.15, 0.2) is 0 Å². The van der Waals surface area contributed by atoms with E-state index in [0.717, 1.165) is 20.0 Å². The lowest BCUT2D eigenvalue weighted by Crippen LogP contribution is -1.84. The summed E-state index contributed by atoms with van der Waals surface area (Å²) in [5, 5.41) is 0.409. The van der Waals surface area contributed by atoms with Gasteiger partial charge in [-0.15, -0.1) is 0 Å². The third-order valence-electron chi connectivity index (χ3n) is 1.69. The molecule has 0 fully saturated rings. The zero-order valence-corrected chi connectivity index (χ0v) is 10.4. The average Bonchev–Trinajstić information content (AvgIpc) is 2.48. The van der Waals surface area contributed by atoms with E-state index < -0.39 is 0 Å². The van der Waals surface area contributed by atoms with Crippen molar-refractivity contribution in [3.8, 4) is 10.6 Å². The van der Waals surface area contributed by atoms with Crippen LogP contribution in [0.4, 0.5) is 0 Å². The van der Waals surface area contributed by atoms with Crippen LogP contribution in [0.25, 0.3) is 10.6 Å². The third kappa shape index (κ3) is 1.86. The van der Waals surface area contributed by atoms with Gasteiger partial charge in [0, 0.05) is 0 Å². The van der Waals surface area contributed by atoms with E-state index in [-0.39, 0.29) is 0 Å². The van der Waals surface area contributed by atoms with Crippen molar-refractivity contribution in [1.82, 2.24) is 9.97 Å². The lowest BCUT2D eigenvalue weighted by molar-refractivity contribution is 1.21. The minimum Gasteiger partial charge on any atom is -0.259 e. The fourth-order valence-electron chi connectivity index (χ4n) is 0.984. The Hall–Kier alpha value is -0.360. The maximum atomic E-state index is 5.76. The molecule has 0 aromatic carbocycles. The second-order valence-electron chi connectivity index (χ2n) is 2.64. The molecule has 0 aliphatic heterocycles. The molecule has 2 aromatic rings. The topological polar surface area (TPSA) is 25.8 Å². The van der Waals surface area contributed by atoms with Crippen LogP contribution in [0.5, 0.6) is 0 Å². The maximum Gasteiger partial charge on any atom is 0.148 e. The van der Waals surface area contributed by atoms with Gasteiger partial charge in [-0.2, -0.15) is 0 Å². The van der Waals surface area contributed by atoms with Gasteiger partial charge in [-0.1, -0.05) is 44.5 Å². The zero-order valence-electron chi connectivity index (χ0n) is 7.15. The quantitative estimate of drug-likeness (QED) is 0.573. The van der Waals surface area contributed by atoms with Crippen LogP contribution in [-0.2, 0) is 0 Å². The van der Waals surface area contributed by atoms with E-state index in [0.29, 0.717) is 5.15 Å². The smallest absolute Gasteiger partial charge is 0.148 e. The Morgan fingerprint density at radius 1 is 1.36 bits per heavy atom. The lowest BCUT2D eigenvalue weighted by Gasteiger charge is -1.97. The second-order valence-corrected chi connectivity index (χ2v) is 5.84. The van der Waals surface area contributed by atoms with E-state index >= 15 is 0 Å². The molecular formula is C8H5ClN2S3. The summed E-state index contributed by atoms with van der Waals surface area (Å²) in [5.74, 6) is 0. The number of hydrogen-bond donors (Lipinski definition) is 0. The molecule has 0 spiro atoms. The summed E-state index contributed by atoms with van der Waals surface area (Å²) in [6, 6.07) is 0. The monoisotopic (exact) mass is 260 g/mol. The van der Waals surface area contributed by atoms with E-state index in [1.807, 2.05) is 6.92 Å². The third-order valence-corrected chi connectivity index (χ3v) is 5.21. The maximum absolute atomic E-state index is 5.76. The minimum absolute atomic E-state index is 0.409. The molecule has 2 heterocycles. The van der Waals surface area contributed by atoms with Crippen molar-refractivity contribution < 1.29 is 0 Å². The van der Waals surface area contributed by atoms with Crippen LogP contribution < -0.4 is 0 Å². The first-order valence-electron chi connectivity index (χ1n) is 3.76. The van der Waals surface area contributed by atoms with Crippen LogP contribution in [0.3, 0.4) is 0 Å². The van der Waals surface area contributed by atoms with Gasteiger partial charge in [0.1, 0.15) is 14.7 Å². The SMILES string of the molecule is Cc1c(-c2cncc(Cl)n2)ssc1=S. The summed E-state index contributed by atoms with van der Waals surface area (Å²) < 4.78 is 0.909. The first-order chi connectivity index (χ1) is 6.68. The summed E-state index contributed by atoms with van der Waals surface area (Å²) in [6.07, 6.45) is 3.22. The molecule has 0 aliphatic rings. The highest BCUT2D eigenvalue weighted by Gasteiger charge is 2.08. The molecule has 0 bridgehead atoms. The first kappa shape index (κ1) is 10.2. The van der Waals surface area contributed by atoms with Gasteiger partial charge in [-0.05, 0) is 12.5 Å². The summed E-state index contributed by atoms with van der Waals surface area (Å²) in [5.41, 5.74) is 1.89. The second kappa shape index (κ2) is 4.02. The average molecular weight is 261 g/mol. The Morgan fingerprint density at radius 2 is 2.14 bits per heavy atom. The first-order valence-corrected chi connectivity index (χ1v) is 6.70. The van der Waals surface area contributed by atoms with Crippen molar-refractivity contribution in [2.24, 2.45) is 0 Å². The summed E-state index contributed by atoms with van der Waals surface area (Å²) in [7, 11) is 3.19. The normalized spacial score (nSPS) is 10.4. The Bertz CT molecular complexity index is 517. The van der Waals surface area contributed by atoms with Crippen molar-refractivity contribution in [3.05, 3.63) is 26.9 Å². The molecule has 72 valence electrons. The van der Waals surface area contributed by atoms with Crippen molar-refractivity contribution in [2.75, 3.05) is 0 Å². The number of aromatic nitrogens is 2. The van der Waals surface area contributed by atoms with Crippen molar-refractivity contribution in [1.29, 1.82) is 0 Å². The van der Waals surface area contributed by atoms with E-state index in [1.54, 1.807) is 26.9 Å². The van der Waals surface area contributed by atoms with Crippen molar-refractivity contribution in [3.63, 3.8) is 0 Å². The van der Waals surface area contributed by atoms with Crippen LogP contribution in [0.15, 0.2) is 12.4 Å². The standard InChI is InChI=1S/C8H5ClN2S3/c1-4-7(13-14-8(4)12)5-2-10-3-6(9)11-5/h2-3H,1H3. The molecule has 0 N–H and O–H groups in total. The molecule has 0 amide bonds. The van der Waals surface area contributed by atoms with E-state index in [9.17, 15) is 0 Å². The van der Waals surface area contributed by atoms with Crippen molar-refractivity contribution in [2.45, 2.75) is 6.92 Å². The Balaban J connectivity index is 2.60. The molecule has 0 unspecified atom stereocenters. The molecule has 2 nitrogen and oxygen atoms in total. The predicted octanol–water partition coefficient (Wildman–Crippen LogP) is 3.96. The van der Waals surface area contributed by atoms with Crippen LogP contribution in [-0.4, -0.2) is 9.97 Å². The summed E-state index contributed by atoms with van der Waals surface area (Å²) >= 11 is 10.9. The van der Waals surface area contributed by atoms with Crippen LogP contribution in [0.2, 0.25) is 5.15 Å².